The monoisotopic (exact) mass is 539 g/mol. The molecule has 0 bridgehead atoms. The zero-order chi connectivity index (χ0) is 26.5. The fourth-order valence-electron chi connectivity index (χ4n) is 5.73. The van der Waals surface area contributed by atoms with Gasteiger partial charge in [-0.05, 0) is 55.4 Å². The first-order valence-electron chi connectivity index (χ1n) is 13.7. The number of ether oxygens (including phenoxy) is 2. The highest BCUT2D eigenvalue weighted by atomic mass is 32.1. The number of carbonyl (C=O) groups is 2. The van der Waals surface area contributed by atoms with E-state index < -0.39 is 5.97 Å². The molecule has 3 aliphatic rings. The van der Waals surface area contributed by atoms with Crippen molar-refractivity contribution in [3.8, 4) is 5.75 Å². The molecule has 204 valence electrons. The summed E-state index contributed by atoms with van der Waals surface area (Å²) in [4.78, 5) is 35.0. The summed E-state index contributed by atoms with van der Waals surface area (Å²) in [6.45, 7) is 7.39. The number of likely N-dealkylation sites (tertiary alicyclic amines) is 1. The Bertz CT molecular complexity index is 1140. The van der Waals surface area contributed by atoms with Crippen molar-refractivity contribution in [3.05, 3.63) is 46.0 Å². The molecule has 5 rings (SSSR count). The van der Waals surface area contributed by atoms with Gasteiger partial charge in [-0.1, -0.05) is 25.0 Å². The largest absolute Gasteiger partial charge is 0.493 e. The fraction of sp³-hybridized carbons (Fsp3) is 0.552. The maximum Gasteiger partial charge on any atom is 0.332 e. The first-order chi connectivity index (χ1) is 18.5. The number of carboxylic acid groups (broad SMARTS) is 1. The maximum absolute atomic E-state index is 12.9. The van der Waals surface area contributed by atoms with Crippen LogP contribution in [0.4, 0.5) is 5.13 Å². The SMILES string of the molecule is Cc1sc(N2CCOCC2)nc1CCOc1ccc(/C=C(\CC(=O)N2C[C@H]3CCCC[C@H]3C2)C(=O)O)cc1. The van der Waals surface area contributed by atoms with Crippen LogP contribution in [0.15, 0.2) is 29.8 Å². The Hall–Kier alpha value is -2.91. The maximum atomic E-state index is 12.9. The topological polar surface area (TPSA) is 92.2 Å². The summed E-state index contributed by atoms with van der Waals surface area (Å²) < 4.78 is 11.4. The number of hydrogen-bond donors (Lipinski definition) is 1. The highest BCUT2D eigenvalue weighted by Crippen LogP contribution is 2.36. The number of morpholine rings is 1. The number of anilines is 1. The number of fused-ring (bicyclic) bond motifs is 1. The number of hydrogen-bond acceptors (Lipinski definition) is 7. The van der Waals surface area contributed by atoms with Gasteiger partial charge in [0.15, 0.2) is 5.13 Å². The van der Waals surface area contributed by atoms with Crippen molar-refractivity contribution in [2.75, 3.05) is 50.9 Å². The zero-order valence-corrected chi connectivity index (χ0v) is 22.9. The van der Waals surface area contributed by atoms with Gasteiger partial charge in [0.2, 0.25) is 5.91 Å². The number of aryl methyl sites for hydroxylation is 1. The molecule has 1 aromatic heterocycles. The van der Waals surface area contributed by atoms with E-state index in [2.05, 4.69) is 11.8 Å². The highest BCUT2D eigenvalue weighted by Gasteiger charge is 2.36. The number of benzene rings is 1. The Labute approximate surface area is 228 Å². The molecule has 2 saturated heterocycles. The van der Waals surface area contributed by atoms with Gasteiger partial charge in [-0.25, -0.2) is 9.78 Å². The molecule has 1 saturated carbocycles. The van der Waals surface area contributed by atoms with Gasteiger partial charge >= 0.3 is 5.97 Å². The standard InChI is InChI=1S/C29H37N3O5S/c1-20-26(30-29(38-20)31-11-14-36-15-12-31)10-13-37-25-8-6-21(7-9-25)16-24(28(34)35)17-27(33)32-18-22-4-2-3-5-23(22)19-32/h6-9,16,22-23H,2-5,10-15,17-19H2,1H3,(H,34,35)/b24-16+/t22-,23+. The second kappa shape index (κ2) is 12.3. The summed E-state index contributed by atoms with van der Waals surface area (Å²) in [6, 6.07) is 7.34. The molecule has 3 fully saturated rings. The average Bonchev–Trinajstić information content (AvgIpc) is 3.53. The summed E-state index contributed by atoms with van der Waals surface area (Å²) in [7, 11) is 0. The summed E-state index contributed by atoms with van der Waals surface area (Å²) in [5.41, 5.74) is 1.92. The van der Waals surface area contributed by atoms with E-state index in [9.17, 15) is 14.7 Å². The average molecular weight is 540 g/mol. The number of carboxylic acids is 1. The predicted octanol–water partition coefficient (Wildman–Crippen LogP) is 4.42. The quantitative estimate of drug-likeness (QED) is 0.472. The van der Waals surface area contributed by atoms with Gasteiger partial charge in [-0.3, -0.25) is 4.79 Å². The third-order valence-corrected chi connectivity index (χ3v) is 9.01. The lowest BCUT2D eigenvalue weighted by Gasteiger charge is -2.26. The molecule has 0 radical (unpaired) electrons. The van der Waals surface area contributed by atoms with Crippen LogP contribution in [0, 0.1) is 18.8 Å². The first-order valence-corrected chi connectivity index (χ1v) is 14.5. The fourth-order valence-corrected chi connectivity index (χ4v) is 6.74. The Morgan fingerprint density at radius 2 is 1.82 bits per heavy atom. The van der Waals surface area contributed by atoms with Crippen LogP contribution in [-0.4, -0.2) is 72.9 Å². The highest BCUT2D eigenvalue weighted by molar-refractivity contribution is 7.15. The molecular weight excluding hydrogens is 502 g/mol. The van der Waals surface area contributed by atoms with E-state index in [1.165, 1.54) is 30.6 Å². The Kier molecular flexibility index (Phi) is 8.64. The number of rotatable bonds is 9. The molecule has 1 aliphatic carbocycles. The summed E-state index contributed by atoms with van der Waals surface area (Å²) in [5.74, 6) is 0.760. The van der Waals surface area contributed by atoms with Crippen LogP contribution in [0.5, 0.6) is 5.75 Å². The van der Waals surface area contributed by atoms with Crippen LogP contribution in [0.3, 0.4) is 0 Å². The van der Waals surface area contributed by atoms with Crippen LogP contribution in [0.25, 0.3) is 6.08 Å². The molecule has 1 aromatic carbocycles. The molecular formula is C29H37N3O5S. The third-order valence-electron chi connectivity index (χ3n) is 7.94. The van der Waals surface area contributed by atoms with Gasteiger partial charge in [-0.15, -0.1) is 11.3 Å². The zero-order valence-electron chi connectivity index (χ0n) is 22.1. The van der Waals surface area contributed by atoms with Gasteiger partial charge in [0.05, 0.1) is 31.9 Å². The van der Waals surface area contributed by atoms with Crippen LogP contribution in [-0.2, 0) is 20.7 Å². The second-order valence-corrected chi connectivity index (χ2v) is 11.7. The van der Waals surface area contributed by atoms with Crippen LogP contribution in [0.1, 0.15) is 48.2 Å². The predicted molar refractivity (Wildman–Crippen MR) is 148 cm³/mol. The number of aliphatic carboxylic acids is 1. The van der Waals surface area contributed by atoms with E-state index >= 15 is 0 Å². The second-order valence-electron chi connectivity index (χ2n) is 10.5. The minimum atomic E-state index is -1.05. The van der Waals surface area contributed by atoms with E-state index in [0.29, 0.717) is 18.4 Å². The summed E-state index contributed by atoms with van der Waals surface area (Å²) in [5, 5.41) is 10.8. The number of aromatic nitrogens is 1. The molecule has 0 spiro atoms. The van der Waals surface area contributed by atoms with Gasteiger partial charge in [-0.2, -0.15) is 0 Å². The summed E-state index contributed by atoms with van der Waals surface area (Å²) >= 11 is 1.72. The number of amides is 1. The molecule has 2 aliphatic heterocycles. The van der Waals surface area contributed by atoms with Crippen molar-refractivity contribution in [2.45, 2.75) is 45.4 Å². The van der Waals surface area contributed by atoms with Gasteiger partial charge in [0, 0.05) is 43.1 Å². The van der Waals surface area contributed by atoms with Crippen molar-refractivity contribution >= 4 is 34.4 Å². The molecule has 3 heterocycles. The smallest absolute Gasteiger partial charge is 0.332 e. The van der Waals surface area contributed by atoms with Crippen molar-refractivity contribution in [2.24, 2.45) is 11.8 Å². The molecule has 2 atom stereocenters. The molecule has 1 amide bonds. The Morgan fingerprint density at radius 1 is 1.13 bits per heavy atom. The Balaban J connectivity index is 1.13. The third kappa shape index (κ3) is 6.56. The van der Waals surface area contributed by atoms with Crippen molar-refractivity contribution in [1.29, 1.82) is 0 Å². The van der Waals surface area contributed by atoms with Gasteiger partial charge in [0.25, 0.3) is 0 Å². The van der Waals surface area contributed by atoms with Crippen LogP contribution < -0.4 is 9.64 Å². The molecule has 1 N–H and O–H groups in total. The normalized spacial score (nSPS) is 21.9. The van der Waals surface area contributed by atoms with Gasteiger partial charge in [0.1, 0.15) is 5.75 Å². The lowest BCUT2D eigenvalue weighted by molar-refractivity contribution is -0.136. The van der Waals surface area contributed by atoms with E-state index in [1.807, 2.05) is 29.2 Å². The number of thiazole rings is 1. The minimum absolute atomic E-state index is 0.0769. The van der Waals surface area contributed by atoms with E-state index in [0.717, 1.165) is 68.0 Å². The van der Waals surface area contributed by atoms with Crippen molar-refractivity contribution in [1.82, 2.24) is 9.88 Å². The van der Waals surface area contributed by atoms with Gasteiger partial charge < -0.3 is 24.4 Å². The molecule has 38 heavy (non-hydrogen) atoms. The van der Waals surface area contributed by atoms with E-state index in [-0.39, 0.29) is 17.9 Å². The Morgan fingerprint density at radius 3 is 2.47 bits per heavy atom. The molecule has 9 heteroatoms. The van der Waals surface area contributed by atoms with E-state index in [1.54, 1.807) is 17.4 Å². The van der Waals surface area contributed by atoms with Crippen molar-refractivity contribution < 1.29 is 24.2 Å². The first kappa shape index (κ1) is 26.7. The molecule has 2 aromatic rings. The molecule has 0 unspecified atom stereocenters. The lowest BCUT2D eigenvalue weighted by atomic mass is 9.82. The van der Waals surface area contributed by atoms with E-state index in [4.69, 9.17) is 14.5 Å². The number of carbonyl (C=O) groups excluding carboxylic acids is 1. The van der Waals surface area contributed by atoms with Crippen LogP contribution >= 0.6 is 11.3 Å². The minimum Gasteiger partial charge on any atom is -0.493 e. The number of nitrogens with zero attached hydrogens (tertiary/aromatic N) is 3. The molecule has 8 nitrogen and oxygen atoms in total. The van der Waals surface area contributed by atoms with Crippen LogP contribution in [0.2, 0.25) is 0 Å². The lowest BCUT2D eigenvalue weighted by Crippen LogP contribution is -2.36. The van der Waals surface area contributed by atoms with Crippen molar-refractivity contribution in [3.63, 3.8) is 0 Å². The summed E-state index contributed by atoms with van der Waals surface area (Å²) in [6.07, 6.45) is 7.09.